The number of carboxylic acids is 1. The van der Waals surface area contributed by atoms with Crippen LogP contribution in [0.5, 0.6) is 0 Å². The maximum atomic E-state index is 11.7. The summed E-state index contributed by atoms with van der Waals surface area (Å²) in [6.07, 6.45) is 2.63. The predicted molar refractivity (Wildman–Crippen MR) is 63.1 cm³/mol. The Labute approximate surface area is 99.3 Å². The van der Waals surface area contributed by atoms with Gasteiger partial charge in [-0.1, -0.05) is 0 Å². The van der Waals surface area contributed by atoms with Crippen LogP contribution in [0.25, 0.3) is 0 Å². The summed E-state index contributed by atoms with van der Waals surface area (Å²) in [6.45, 7) is 3.76. The van der Waals surface area contributed by atoms with Crippen LogP contribution in [0, 0.1) is 0 Å². The first-order valence-corrected chi connectivity index (χ1v) is 5.14. The monoisotopic (exact) mass is 237 g/mol. The van der Waals surface area contributed by atoms with Crippen LogP contribution in [0.4, 0.5) is 10.5 Å². The standard InChI is InChI=1S/C11H15N3O3/c1-7(2)14(3)11(17)13-9-4-8(10(15)16)5-12-6-9/h4-7H,1-3H3,(H,13,17)(H,15,16). The summed E-state index contributed by atoms with van der Waals surface area (Å²) in [5.41, 5.74) is 0.400. The van der Waals surface area contributed by atoms with Crippen molar-refractivity contribution in [1.82, 2.24) is 9.88 Å². The van der Waals surface area contributed by atoms with E-state index in [1.165, 1.54) is 23.4 Å². The highest BCUT2D eigenvalue weighted by Crippen LogP contribution is 2.09. The first-order valence-electron chi connectivity index (χ1n) is 5.14. The lowest BCUT2D eigenvalue weighted by molar-refractivity contribution is 0.0696. The van der Waals surface area contributed by atoms with Crippen molar-refractivity contribution < 1.29 is 14.7 Å². The minimum absolute atomic E-state index is 0.0370. The smallest absolute Gasteiger partial charge is 0.337 e. The van der Waals surface area contributed by atoms with E-state index in [0.29, 0.717) is 5.69 Å². The van der Waals surface area contributed by atoms with E-state index in [-0.39, 0.29) is 17.6 Å². The number of anilines is 1. The number of hydrogen-bond acceptors (Lipinski definition) is 3. The van der Waals surface area contributed by atoms with Crippen LogP contribution in [0.3, 0.4) is 0 Å². The SMILES string of the molecule is CC(C)N(C)C(=O)Nc1cncc(C(=O)O)c1. The van der Waals surface area contributed by atoms with E-state index in [1.54, 1.807) is 7.05 Å². The van der Waals surface area contributed by atoms with Crippen molar-refractivity contribution in [2.24, 2.45) is 0 Å². The Bertz CT molecular complexity index is 432. The lowest BCUT2D eigenvalue weighted by Crippen LogP contribution is -2.36. The van der Waals surface area contributed by atoms with Crippen molar-refractivity contribution in [3.8, 4) is 0 Å². The number of nitrogens with one attached hydrogen (secondary N) is 1. The Kier molecular flexibility index (Phi) is 4.03. The topological polar surface area (TPSA) is 82.5 Å². The molecule has 0 radical (unpaired) electrons. The molecular weight excluding hydrogens is 222 g/mol. The van der Waals surface area contributed by atoms with Crippen molar-refractivity contribution in [3.05, 3.63) is 24.0 Å². The number of rotatable bonds is 3. The van der Waals surface area contributed by atoms with Gasteiger partial charge in [0.05, 0.1) is 17.4 Å². The molecule has 1 heterocycles. The Balaban J connectivity index is 2.78. The number of aromatic nitrogens is 1. The van der Waals surface area contributed by atoms with Crippen LogP contribution in [-0.2, 0) is 0 Å². The van der Waals surface area contributed by atoms with Gasteiger partial charge in [0.25, 0.3) is 0 Å². The molecule has 1 rings (SSSR count). The van der Waals surface area contributed by atoms with Gasteiger partial charge in [0.2, 0.25) is 0 Å². The summed E-state index contributed by atoms with van der Waals surface area (Å²) in [7, 11) is 1.66. The highest BCUT2D eigenvalue weighted by atomic mass is 16.4. The van der Waals surface area contributed by atoms with Gasteiger partial charge in [-0.3, -0.25) is 4.98 Å². The fourth-order valence-corrected chi connectivity index (χ4v) is 1.07. The van der Waals surface area contributed by atoms with Crippen LogP contribution >= 0.6 is 0 Å². The summed E-state index contributed by atoms with van der Waals surface area (Å²) in [4.78, 5) is 27.6. The molecule has 0 atom stereocenters. The number of carbonyl (C=O) groups is 2. The fourth-order valence-electron chi connectivity index (χ4n) is 1.07. The molecule has 92 valence electrons. The molecule has 0 spiro atoms. The molecule has 0 saturated heterocycles. The summed E-state index contributed by atoms with van der Waals surface area (Å²) in [5.74, 6) is -1.08. The van der Waals surface area contributed by atoms with Gasteiger partial charge in [0.1, 0.15) is 0 Å². The molecule has 0 unspecified atom stereocenters. The summed E-state index contributed by atoms with van der Waals surface area (Å²) >= 11 is 0. The quantitative estimate of drug-likeness (QED) is 0.837. The number of carboxylic acid groups (broad SMARTS) is 1. The Morgan fingerprint density at radius 2 is 2.06 bits per heavy atom. The van der Waals surface area contributed by atoms with E-state index in [1.807, 2.05) is 13.8 Å². The zero-order valence-corrected chi connectivity index (χ0v) is 9.97. The van der Waals surface area contributed by atoms with Crippen LogP contribution in [0.1, 0.15) is 24.2 Å². The van der Waals surface area contributed by atoms with Crippen LogP contribution in [0.2, 0.25) is 0 Å². The zero-order chi connectivity index (χ0) is 13.0. The highest BCUT2D eigenvalue weighted by Gasteiger charge is 2.12. The lowest BCUT2D eigenvalue weighted by Gasteiger charge is -2.21. The predicted octanol–water partition coefficient (Wildman–Crippen LogP) is 1.65. The molecule has 0 aliphatic carbocycles. The molecule has 0 fully saturated rings. The van der Waals surface area contributed by atoms with E-state index in [9.17, 15) is 9.59 Å². The lowest BCUT2D eigenvalue weighted by atomic mass is 10.2. The minimum Gasteiger partial charge on any atom is -0.478 e. The molecule has 0 bridgehead atoms. The molecule has 0 aliphatic heterocycles. The molecule has 0 aliphatic rings. The van der Waals surface area contributed by atoms with Crippen molar-refractivity contribution in [2.75, 3.05) is 12.4 Å². The van der Waals surface area contributed by atoms with Crippen molar-refractivity contribution in [2.45, 2.75) is 19.9 Å². The van der Waals surface area contributed by atoms with Crippen molar-refractivity contribution >= 4 is 17.7 Å². The summed E-state index contributed by atoms with van der Waals surface area (Å²) in [5, 5.41) is 11.4. The molecule has 1 aromatic rings. The molecule has 6 nitrogen and oxygen atoms in total. The zero-order valence-electron chi connectivity index (χ0n) is 9.97. The van der Waals surface area contributed by atoms with Gasteiger partial charge in [0.15, 0.2) is 0 Å². The molecule has 6 heteroatoms. The normalized spacial score (nSPS) is 10.1. The second-order valence-corrected chi connectivity index (χ2v) is 3.90. The minimum atomic E-state index is -1.08. The molecule has 2 amide bonds. The molecular formula is C11H15N3O3. The second-order valence-electron chi connectivity index (χ2n) is 3.90. The highest BCUT2D eigenvalue weighted by molar-refractivity contribution is 5.92. The third-order valence-electron chi connectivity index (χ3n) is 2.33. The van der Waals surface area contributed by atoms with Gasteiger partial charge in [0, 0.05) is 19.3 Å². The van der Waals surface area contributed by atoms with E-state index >= 15 is 0 Å². The van der Waals surface area contributed by atoms with Gasteiger partial charge in [-0.05, 0) is 19.9 Å². The molecule has 1 aromatic heterocycles. The molecule has 0 saturated carbocycles. The van der Waals surface area contributed by atoms with Gasteiger partial charge in [-0.2, -0.15) is 0 Å². The van der Waals surface area contributed by atoms with Crippen molar-refractivity contribution in [3.63, 3.8) is 0 Å². The Hall–Kier alpha value is -2.11. The molecule has 2 N–H and O–H groups in total. The van der Waals surface area contributed by atoms with Gasteiger partial charge < -0.3 is 15.3 Å². The maximum Gasteiger partial charge on any atom is 0.337 e. The molecule has 17 heavy (non-hydrogen) atoms. The number of urea groups is 1. The Morgan fingerprint density at radius 1 is 1.41 bits per heavy atom. The van der Waals surface area contributed by atoms with E-state index in [0.717, 1.165) is 0 Å². The van der Waals surface area contributed by atoms with E-state index in [4.69, 9.17) is 5.11 Å². The average molecular weight is 237 g/mol. The van der Waals surface area contributed by atoms with Gasteiger partial charge in [-0.15, -0.1) is 0 Å². The van der Waals surface area contributed by atoms with Gasteiger partial charge >= 0.3 is 12.0 Å². The third kappa shape index (κ3) is 3.44. The number of hydrogen-bond donors (Lipinski definition) is 2. The van der Waals surface area contributed by atoms with Crippen LogP contribution in [-0.4, -0.2) is 40.1 Å². The number of nitrogens with zero attached hydrogens (tertiary/aromatic N) is 2. The third-order valence-corrected chi connectivity index (χ3v) is 2.33. The van der Waals surface area contributed by atoms with Crippen molar-refractivity contribution in [1.29, 1.82) is 0 Å². The van der Waals surface area contributed by atoms with Gasteiger partial charge in [-0.25, -0.2) is 9.59 Å². The summed E-state index contributed by atoms with van der Waals surface area (Å²) < 4.78 is 0. The maximum absolute atomic E-state index is 11.7. The molecule has 0 aromatic carbocycles. The van der Waals surface area contributed by atoms with E-state index < -0.39 is 5.97 Å². The summed E-state index contributed by atoms with van der Waals surface area (Å²) in [6, 6.07) is 1.12. The number of aromatic carboxylic acids is 1. The average Bonchev–Trinajstić information content (AvgIpc) is 2.28. The number of amides is 2. The Morgan fingerprint density at radius 3 is 2.59 bits per heavy atom. The van der Waals surface area contributed by atoms with E-state index in [2.05, 4.69) is 10.3 Å². The fraction of sp³-hybridized carbons (Fsp3) is 0.364. The van der Waals surface area contributed by atoms with Crippen LogP contribution in [0.15, 0.2) is 18.5 Å². The largest absolute Gasteiger partial charge is 0.478 e. The van der Waals surface area contributed by atoms with Crippen LogP contribution < -0.4 is 5.32 Å². The number of carbonyl (C=O) groups excluding carboxylic acids is 1. The first-order chi connectivity index (χ1) is 7.91. The second kappa shape index (κ2) is 5.29. The number of pyridine rings is 1. The first kappa shape index (κ1) is 13.0.